The van der Waals surface area contributed by atoms with Crippen molar-refractivity contribution in [1.29, 1.82) is 0 Å². The summed E-state index contributed by atoms with van der Waals surface area (Å²) in [5.74, 6) is 3.35. The highest BCUT2D eigenvalue weighted by Gasteiger charge is 2.44. The normalized spacial score (nSPS) is 36.4. The smallest absolute Gasteiger partial charge is 0.159 e. The zero-order chi connectivity index (χ0) is 18.8. The molecule has 0 saturated heterocycles. The third-order valence-corrected chi connectivity index (χ3v) is 7.86. The van der Waals surface area contributed by atoms with Gasteiger partial charge in [0.05, 0.1) is 0 Å². The maximum absolute atomic E-state index is 13.7. The summed E-state index contributed by atoms with van der Waals surface area (Å²) in [5, 5.41) is 0. The Labute approximate surface area is 163 Å². The molecule has 6 atom stereocenters. The van der Waals surface area contributed by atoms with Crippen LogP contribution in [-0.4, -0.2) is 0 Å². The van der Waals surface area contributed by atoms with E-state index in [1.54, 1.807) is 0 Å². The van der Waals surface area contributed by atoms with Crippen LogP contribution < -0.4 is 0 Å². The quantitative estimate of drug-likeness (QED) is 0.476. The fourth-order valence-corrected chi connectivity index (χ4v) is 6.53. The van der Waals surface area contributed by atoms with Crippen LogP contribution in [0.4, 0.5) is 8.78 Å². The van der Waals surface area contributed by atoms with Gasteiger partial charge in [0.25, 0.3) is 0 Å². The van der Waals surface area contributed by atoms with E-state index < -0.39 is 11.6 Å². The minimum atomic E-state index is -0.724. The van der Waals surface area contributed by atoms with Crippen LogP contribution in [0.1, 0.15) is 82.6 Å². The first-order valence-corrected chi connectivity index (χ1v) is 11.3. The molecule has 0 spiro atoms. The Hall–Kier alpha value is -1.18. The minimum absolute atomic E-state index is 0.422. The van der Waals surface area contributed by atoms with Gasteiger partial charge >= 0.3 is 0 Å². The molecule has 27 heavy (non-hydrogen) atoms. The number of halogens is 2. The van der Waals surface area contributed by atoms with Gasteiger partial charge in [-0.2, -0.15) is 0 Å². The fraction of sp³-hybridized carbons (Fsp3) is 0.680. The first-order chi connectivity index (χ1) is 13.2. The number of fused-ring (bicyclic) bond motifs is 3. The summed E-state index contributed by atoms with van der Waals surface area (Å²) in [6.07, 6.45) is 17.9. The Kier molecular flexibility index (Phi) is 5.99. The Morgan fingerprint density at radius 2 is 1.63 bits per heavy atom. The van der Waals surface area contributed by atoms with Crippen molar-refractivity contribution in [3.8, 4) is 0 Å². The Morgan fingerprint density at radius 1 is 0.889 bits per heavy atom. The third-order valence-electron chi connectivity index (χ3n) is 7.86. The predicted octanol–water partition coefficient (Wildman–Crippen LogP) is 7.65. The van der Waals surface area contributed by atoms with Gasteiger partial charge in [0.1, 0.15) is 0 Å². The lowest BCUT2D eigenvalue weighted by atomic mass is 9.55. The third kappa shape index (κ3) is 4.15. The molecule has 4 rings (SSSR count). The predicted molar refractivity (Wildman–Crippen MR) is 108 cm³/mol. The summed E-state index contributed by atoms with van der Waals surface area (Å²) in [6, 6.07) is 4.56. The van der Waals surface area contributed by atoms with Crippen LogP contribution in [-0.2, 0) is 0 Å². The van der Waals surface area contributed by atoms with Crippen LogP contribution in [0.5, 0.6) is 0 Å². The first-order valence-electron chi connectivity index (χ1n) is 11.3. The van der Waals surface area contributed by atoms with Crippen molar-refractivity contribution >= 4 is 0 Å². The number of benzene rings is 1. The van der Waals surface area contributed by atoms with Gasteiger partial charge in [0.2, 0.25) is 0 Å². The van der Waals surface area contributed by atoms with E-state index in [2.05, 4.69) is 19.1 Å². The highest BCUT2D eigenvalue weighted by Crippen LogP contribution is 2.54. The van der Waals surface area contributed by atoms with Gasteiger partial charge in [-0.1, -0.05) is 31.6 Å². The van der Waals surface area contributed by atoms with Gasteiger partial charge in [-0.25, -0.2) is 8.78 Å². The highest BCUT2D eigenvalue weighted by atomic mass is 19.2. The van der Waals surface area contributed by atoms with E-state index in [4.69, 9.17) is 0 Å². The molecule has 3 fully saturated rings. The lowest BCUT2D eigenvalue weighted by molar-refractivity contribution is 0.0127. The second-order valence-electron chi connectivity index (χ2n) is 9.40. The maximum Gasteiger partial charge on any atom is 0.159 e. The zero-order valence-corrected chi connectivity index (χ0v) is 16.7. The van der Waals surface area contributed by atoms with Gasteiger partial charge in [-0.05, 0) is 111 Å². The number of allylic oxidation sites excluding steroid dienone is 2. The van der Waals surface area contributed by atoms with Gasteiger partial charge < -0.3 is 0 Å². The van der Waals surface area contributed by atoms with E-state index in [9.17, 15) is 8.78 Å². The Morgan fingerprint density at radius 3 is 2.37 bits per heavy atom. The molecule has 1 aromatic carbocycles. The van der Waals surface area contributed by atoms with Crippen molar-refractivity contribution in [3.63, 3.8) is 0 Å². The number of hydrogen-bond donors (Lipinski definition) is 0. The molecule has 0 bridgehead atoms. The van der Waals surface area contributed by atoms with Crippen molar-refractivity contribution in [2.45, 2.75) is 77.0 Å². The topological polar surface area (TPSA) is 0 Å². The van der Waals surface area contributed by atoms with E-state index >= 15 is 0 Å². The van der Waals surface area contributed by atoms with E-state index in [0.717, 1.165) is 41.6 Å². The van der Waals surface area contributed by atoms with Gasteiger partial charge in [-0.3, -0.25) is 0 Å². The average molecular weight is 373 g/mol. The Bertz CT molecular complexity index is 664. The summed E-state index contributed by atoms with van der Waals surface area (Å²) < 4.78 is 26.9. The summed E-state index contributed by atoms with van der Waals surface area (Å²) in [4.78, 5) is 0. The molecule has 3 aliphatic rings. The second-order valence-corrected chi connectivity index (χ2v) is 9.40. The standard InChI is InChI=1S/C25H34F2/c1-2-3-4-5-17-6-11-22-20(14-17)7-8-21-15-18(9-12-23(21)22)19-10-13-24(26)25(27)16-19/h4-5,10,13,16-18,20-23H,2-3,6-9,11-12,14-15H2,1H3. The molecular weight excluding hydrogens is 338 g/mol. The molecule has 0 N–H and O–H groups in total. The lowest BCUT2D eigenvalue weighted by Crippen LogP contribution is -2.41. The van der Waals surface area contributed by atoms with E-state index in [0.29, 0.717) is 5.92 Å². The summed E-state index contributed by atoms with van der Waals surface area (Å²) in [5.41, 5.74) is 1.01. The second kappa shape index (κ2) is 8.45. The van der Waals surface area contributed by atoms with Crippen LogP contribution in [0.25, 0.3) is 0 Å². The summed E-state index contributed by atoms with van der Waals surface area (Å²) >= 11 is 0. The highest BCUT2D eigenvalue weighted by molar-refractivity contribution is 5.23. The SMILES string of the molecule is CCCC=CC1CCC2C(CCC3CC(c4ccc(F)c(F)c4)CCC32)C1. The molecule has 0 amide bonds. The monoisotopic (exact) mass is 372 g/mol. The van der Waals surface area contributed by atoms with Crippen molar-refractivity contribution in [1.82, 2.24) is 0 Å². The number of rotatable bonds is 4. The molecule has 148 valence electrons. The molecule has 1 aromatic rings. The van der Waals surface area contributed by atoms with Crippen LogP contribution in [0.15, 0.2) is 30.4 Å². The molecule has 0 nitrogen and oxygen atoms in total. The average Bonchev–Trinajstić information content (AvgIpc) is 2.69. The largest absolute Gasteiger partial charge is 0.204 e. The molecule has 0 radical (unpaired) electrons. The van der Waals surface area contributed by atoms with Crippen molar-refractivity contribution in [2.24, 2.45) is 29.6 Å². The zero-order valence-electron chi connectivity index (χ0n) is 16.7. The van der Waals surface area contributed by atoms with Crippen molar-refractivity contribution < 1.29 is 8.78 Å². The number of unbranched alkanes of at least 4 members (excludes halogenated alkanes) is 1. The van der Waals surface area contributed by atoms with E-state index in [1.165, 1.54) is 69.9 Å². The van der Waals surface area contributed by atoms with Crippen molar-refractivity contribution in [3.05, 3.63) is 47.5 Å². The molecular formula is C25H34F2. The summed E-state index contributed by atoms with van der Waals surface area (Å²) in [7, 11) is 0. The number of hydrogen-bond acceptors (Lipinski definition) is 0. The Balaban J connectivity index is 1.38. The van der Waals surface area contributed by atoms with E-state index in [-0.39, 0.29) is 0 Å². The maximum atomic E-state index is 13.7. The fourth-order valence-electron chi connectivity index (χ4n) is 6.53. The molecule has 0 aromatic heterocycles. The van der Waals surface area contributed by atoms with Crippen LogP contribution in [0.2, 0.25) is 0 Å². The van der Waals surface area contributed by atoms with E-state index in [1.807, 2.05) is 6.07 Å². The van der Waals surface area contributed by atoms with Gasteiger partial charge in [-0.15, -0.1) is 0 Å². The lowest BCUT2D eigenvalue weighted by Gasteiger charge is -2.50. The molecule has 6 unspecified atom stereocenters. The molecule has 2 heteroatoms. The molecule has 3 aliphatic carbocycles. The van der Waals surface area contributed by atoms with Crippen LogP contribution in [0, 0.1) is 41.2 Å². The van der Waals surface area contributed by atoms with Crippen LogP contribution in [0.3, 0.4) is 0 Å². The van der Waals surface area contributed by atoms with Crippen LogP contribution >= 0.6 is 0 Å². The van der Waals surface area contributed by atoms with Gasteiger partial charge in [0.15, 0.2) is 11.6 Å². The first kappa shape index (κ1) is 19.2. The summed E-state index contributed by atoms with van der Waals surface area (Å²) in [6.45, 7) is 2.25. The van der Waals surface area contributed by atoms with Gasteiger partial charge in [0, 0.05) is 0 Å². The molecule has 0 aliphatic heterocycles. The molecule has 0 heterocycles. The minimum Gasteiger partial charge on any atom is -0.204 e. The van der Waals surface area contributed by atoms with Crippen molar-refractivity contribution in [2.75, 3.05) is 0 Å². The molecule has 3 saturated carbocycles.